The van der Waals surface area contributed by atoms with Gasteiger partial charge in [0.25, 0.3) is 0 Å². The van der Waals surface area contributed by atoms with Crippen LogP contribution in [0.3, 0.4) is 0 Å². The average molecular weight is 1380 g/mol. The maximum atomic E-state index is 7.84. The van der Waals surface area contributed by atoms with Crippen LogP contribution in [0.5, 0.6) is 0 Å². The second-order valence-corrected chi connectivity index (χ2v) is 29.0. The number of hydrogen-bond acceptors (Lipinski definition) is 8. The first-order valence-electron chi connectivity index (χ1n) is 36.7. The van der Waals surface area contributed by atoms with Crippen LogP contribution in [0, 0.1) is 0 Å². The Hall–Kier alpha value is -14.2. The number of hydrogen-bond donors (Lipinski definition) is 0. The highest BCUT2D eigenvalue weighted by Crippen LogP contribution is 2.55. The van der Waals surface area contributed by atoms with Crippen molar-refractivity contribution in [3.63, 3.8) is 0 Å². The Morgan fingerprint density at radius 2 is 0.880 bits per heavy atom. The topological polar surface area (TPSA) is 94.0 Å². The number of fused-ring (bicyclic) bond motifs is 9. The third-order valence-electron chi connectivity index (χ3n) is 22.6. The van der Waals surface area contributed by atoms with Gasteiger partial charge in [-0.05, 0) is 207 Å². The third-order valence-corrected chi connectivity index (χ3v) is 22.6. The van der Waals surface area contributed by atoms with E-state index in [1.165, 1.54) is 33.0 Å². The minimum absolute atomic E-state index is 0.281. The number of aromatic nitrogens is 5. The monoisotopic (exact) mass is 1380 g/mol. The lowest BCUT2D eigenvalue weighted by atomic mass is 9.82. The Balaban J connectivity index is 0.865. The van der Waals surface area contributed by atoms with Gasteiger partial charge in [0, 0.05) is 72.9 Å². The van der Waals surface area contributed by atoms with Gasteiger partial charge < -0.3 is 13.7 Å². The van der Waals surface area contributed by atoms with E-state index in [1.54, 1.807) is 6.33 Å². The third kappa shape index (κ3) is 9.60. The van der Waals surface area contributed by atoms with E-state index in [0.29, 0.717) is 22.8 Å². The van der Waals surface area contributed by atoms with Crippen molar-refractivity contribution in [2.45, 2.75) is 19.3 Å². The summed E-state index contributed by atoms with van der Waals surface area (Å²) >= 11 is 0. The first-order chi connectivity index (χ1) is 53.3. The van der Waals surface area contributed by atoms with Crippen molar-refractivity contribution >= 4 is 115 Å². The minimum Gasteiger partial charge on any atom is -0.455 e. The quantitative estimate of drug-likeness (QED) is 0.118. The predicted octanol–water partition coefficient (Wildman–Crippen LogP) is 26.8. The minimum atomic E-state index is -0.281. The Labute approximate surface area is 621 Å². The molecule has 16 aromatic carbocycles. The van der Waals surface area contributed by atoms with Crippen molar-refractivity contribution in [2.75, 3.05) is 4.90 Å². The van der Waals surface area contributed by atoms with Crippen molar-refractivity contribution in [1.29, 1.82) is 0 Å². The van der Waals surface area contributed by atoms with Crippen LogP contribution in [-0.4, -0.2) is 24.9 Å². The molecule has 0 bridgehead atoms. The fourth-order valence-corrected chi connectivity index (χ4v) is 17.5. The molecule has 0 aliphatic heterocycles. The van der Waals surface area contributed by atoms with Gasteiger partial charge in [0.2, 0.25) is 0 Å². The number of nitrogens with zero attached hydrogens (tertiary/aromatic N) is 6. The molecule has 5 heterocycles. The van der Waals surface area contributed by atoms with Gasteiger partial charge in [-0.2, -0.15) is 0 Å². The second-order valence-electron chi connectivity index (χ2n) is 29.0. The van der Waals surface area contributed by atoms with E-state index >= 15 is 0 Å². The van der Waals surface area contributed by atoms with Crippen molar-refractivity contribution in [2.24, 2.45) is 0 Å². The number of benzene rings is 15. The predicted molar refractivity (Wildman–Crippen MR) is 444 cm³/mol. The molecule has 22 rings (SSSR count). The van der Waals surface area contributed by atoms with Crippen molar-refractivity contribution in [1.82, 2.24) is 24.9 Å². The van der Waals surface area contributed by atoms with Crippen LogP contribution in [0.4, 0.5) is 17.1 Å². The molecule has 0 saturated heterocycles. The Kier molecular flexibility index (Phi) is 13.6. The second kappa shape index (κ2) is 23.9. The molecule has 0 saturated carbocycles. The van der Waals surface area contributed by atoms with Gasteiger partial charge in [-0.15, -0.1) is 0 Å². The van der Waals surface area contributed by atoms with Crippen LogP contribution in [0.2, 0.25) is 0 Å². The molecule has 0 atom stereocenters. The summed E-state index contributed by atoms with van der Waals surface area (Å²) in [7, 11) is 0. The summed E-state index contributed by atoms with van der Waals surface area (Å²) in [4.78, 5) is 28.3. The zero-order valence-corrected chi connectivity index (χ0v) is 58.8. The molecule has 1 aliphatic rings. The van der Waals surface area contributed by atoms with E-state index < -0.39 is 0 Å². The molecule has 0 unspecified atom stereocenters. The Morgan fingerprint density at radius 1 is 0.269 bits per heavy atom. The fraction of sp³-hybridized carbons (Fsp3) is 0.0300. The number of furan rings is 2. The average Bonchev–Trinajstić information content (AvgIpc) is 1.50. The molecule has 0 spiro atoms. The maximum Gasteiger partial charge on any atom is 0.167 e. The molecular weight excluding hydrogens is 1320 g/mol. The Bertz CT molecular complexity index is 7290. The lowest BCUT2D eigenvalue weighted by Crippen LogP contribution is -2.16. The smallest absolute Gasteiger partial charge is 0.167 e. The van der Waals surface area contributed by atoms with Crippen LogP contribution in [0.15, 0.2) is 349 Å². The SMILES string of the molecule is CC1(C)c2ccccc2-c2ccc(N(c3cccc(-c4ccccc4)c3)c3cc4oc5c(-c6ncnc(-c7ccc8ccccc8c7)n6)ccc6c7cc(-c8cc(-c9ccccn9)ccc8-c8ccccc8)cc8oc9c(-c%10cccc(-c%11cc%12ccccc%12c%12ccccc%11%12)n%10)ccc(c(c3)c4c56)c9c87)cc21. The van der Waals surface area contributed by atoms with Crippen LogP contribution in [0.25, 0.3) is 199 Å². The summed E-state index contributed by atoms with van der Waals surface area (Å²) in [5, 5.41) is 14.6. The van der Waals surface area contributed by atoms with Gasteiger partial charge in [0.15, 0.2) is 11.6 Å². The van der Waals surface area contributed by atoms with Gasteiger partial charge in [0.05, 0.1) is 28.3 Å². The molecule has 8 heteroatoms. The molecule has 504 valence electrons. The molecule has 5 aromatic heterocycles. The van der Waals surface area contributed by atoms with E-state index in [1.807, 2.05) is 18.3 Å². The molecule has 0 fully saturated rings. The summed E-state index contributed by atoms with van der Waals surface area (Å²) in [6.45, 7) is 4.71. The van der Waals surface area contributed by atoms with Gasteiger partial charge in [0.1, 0.15) is 28.7 Å². The highest BCUT2D eigenvalue weighted by atomic mass is 16.3. The highest BCUT2D eigenvalue weighted by Gasteiger charge is 2.36. The molecule has 21 aromatic rings. The first-order valence-corrected chi connectivity index (χ1v) is 36.7. The molecular formula is C100H62N6O2. The van der Waals surface area contributed by atoms with E-state index in [0.717, 1.165) is 171 Å². The van der Waals surface area contributed by atoms with Crippen molar-refractivity contribution < 1.29 is 8.83 Å². The molecule has 0 amide bonds. The van der Waals surface area contributed by atoms with E-state index in [-0.39, 0.29) is 5.41 Å². The molecule has 0 N–H and O–H groups in total. The molecule has 0 radical (unpaired) electrons. The maximum absolute atomic E-state index is 7.84. The van der Waals surface area contributed by atoms with E-state index in [9.17, 15) is 0 Å². The lowest BCUT2D eigenvalue weighted by Gasteiger charge is -2.28. The fourth-order valence-electron chi connectivity index (χ4n) is 17.5. The van der Waals surface area contributed by atoms with Crippen LogP contribution < -0.4 is 4.90 Å². The zero-order valence-electron chi connectivity index (χ0n) is 58.8. The van der Waals surface area contributed by atoms with Crippen molar-refractivity contribution in [3.05, 3.63) is 351 Å². The van der Waals surface area contributed by atoms with Crippen molar-refractivity contribution in [3.8, 4) is 101 Å². The summed E-state index contributed by atoms with van der Waals surface area (Å²) in [6, 6.07) is 118. The Morgan fingerprint density at radius 3 is 1.69 bits per heavy atom. The summed E-state index contributed by atoms with van der Waals surface area (Å²) in [5.41, 5.74) is 23.9. The molecule has 1 aliphatic carbocycles. The number of pyridine rings is 2. The van der Waals surface area contributed by atoms with Crippen LogP contribution in [-0.2, 0) is 5.41 Å². The summed E-state index contributed by atoms with van der Waals surface area (Å²) in [6.07, 6.45) is 3.48. The van der Waals surface area contributed by atoms with E-state index in [2.05, 4.69) is 334 Å². The standard InChI is InChI=1S/C100H62N6O2/c1-100(2)85-34-16-15-33-75(85)76-43-41-69(56-86(76)100)106(68-29-19-28-63(50-68)59-21-5-3-6-22-59)70-55-84-78-44-46-79(88-36-20-37-89(104-88)82-51-64-27-11-12-30-71(64)73-31-13-14-32-74(73)82)96-94(78)92-83(53-67(54-90(92)107-96)81-52-65(87-35-17-18-48-101-87)40-42-72(81)61-24-7-4-8-25-61)77-45-47-80(97-95(77)93(84)91(57-70)108-97)99-103-58-102-98(105-99)66-39-38-60-23-9-10-26-62(60)49-66/h3-58H,1-2H3. The molecule has 8 nitrogen and oxygen atoms in total. The number of anilines is 3. The largest absolute Gasteiger partial charge is 0.455 e. The summed E-state index contributed by atoms with van der Waals surface area (Å²) < 4.78 is 15.7. The van der Waals surface area contributed by atoms with Gasteiger partial charge in [-0.3, -0.25) is 4.98 Å². The van der Waals surface area contributed by atoms with Gasteiger partial charge in [-0.25, -0.2) is 19.9 Å². The van der Waals surface area contributed by atoms with Crippen LogP contribution >= 0.6 is 0 Å². The lowest BCUT2D eigenvalue weighted by molar-refractivity contribution is 0.660. The van der Waals surface area contributed by atoms with Gasteiger partial charge >= 0.3 is 0 Å². The van der Waals surface area contributed by atoms with Gasteiger partial charge in [-0.1, -0.05) is 238 Å². The zero-order chi connectivity index (χ0) is 71.3. The first kappa shape index (κ1) is 61.3. The number of rotatable bonds is 11. The highest BCUT2D eigenvalue weighted by molar-refractivity contribution is 6.38. The molecule has 108 heavy (non-hydrogen) atoms. The normalized spacial score (nSPS) is 12.6. The van der Waals surface area contributed by atoms with Crippen LogP contribution in [0.1, 0.15) is 25.0 Å². The summed E-state index contributed by atoms with van der Waals surface area (Å²) in [5.74, 6) is 1.05. The van der Waals surface area contributed by atoms with E-state index in [4.69, 9.17) is 33.8 Å².